The lowest BCUT2D eigenvalue weighted by Gasteiger charge is -2.16. The number of nitrogens with one attached hydrogen (secondary N) is 1. The van der Waals surface area contributed by atoms with E-state index in [1.807, 2.05) is 37.5 Å². The second-order valence-electron chi connectivity index (χ2n) is 4.25. The van der Waals surface area contributed by atoms with Gasteiger partial charge in [0.25, 0.3) is 0 Å². The molecule has 4 heteroatoms. The van der Waals surface area contributed by atoms with E-state index in [0.29, 0.717) is 0 Å². The van der Waals surface area contributed by atoms with Crippen LogP contribution in [0.4, 0.5) is 0 Å². The molecule has 1 aliphatic rings. The van der Waals surface area contributed by atoms with Crippen LogP contribution >= 0.6 is 0 Å². The van der Waals surface area contributed by atoms with Gasteiger partial charge in [-0.3, -0.25) is 4.98 Å². The van der Waals surface area contributed by atoms with Crippen molar-refractivity contribution in [2.75, 3.05) is 13.7 Å². The van der Waals surface area contributed by atoms with E-state index in [0.717, 1.165) is 35.5 Å². The van der Waals surface area contributed by atoms with Gasteiger partial charge in [-0.05, 0) is 25.3 Å². The van der Waals surface area contributed by atoms with Gasteiger partial charge in [0.2, 0.25) is 0 Å². The van der Waals surface area contributed by atoms with Gasteiger partial charge in [-0.2, -0.15) is 0 Å². The Hall–Kier alpha value is -1.94. The van der Waals surface area contributed by atoms with Gasteiger partial charge in [0.1, 0.15) is 11.8 Å². The molecule has 1 N–H and O–H groups in total. The van der Waals surface area contributed by atoms with E-state index in [1.165, 1.54) is 0 Å². The SMILES string of the molecule is CNC(C1=CCCO1)c1cnc2ccccc2n1. The van der Waals surface area contributed by atoms with Crippen LogP contribution in [-0.4, -0.2) is 23.6 Å². The third-order valence-electron chi connectivity index (χ3n) is 3.07. The summed E-state index contributed by atoms with van der Waals surface area (Å²) in [5, 5.41) is 3.23. The zero-order chi connectivity index (χ0) is 12.4. The third kappa shape index (κ3) is 1.95. The summed E-state index contributed by atoms with van der Waals surface area (Å²) in [6.07, 6.45) is 4.89. The van der Waals surface area contributed by atoms with Crippen LogP contribution in [0.5, 0.6) is 0 Å². The number of nitrogens with zero attached hydrogens (tertiary/aromatic N) is 2. The van der Waals surface area contributed by atoms with Gasteiger partial charge in [0, 0.05) is 6.42 Å². The predicted molar refractivity (Wildman–Crippen MR) is 70.0 cm³/mol. The Labute approximate surface area is 106 Å². The van der Waals surface area contributed by atoms with Crippen LogP contribution in [0.3, 0.4) is 0 Å². The summed E-state index contributed by atoms with van der Waals surface area (Å²) in [5.74, 6) is 0.946. The molecule has 0 amide bonds. The molecule has 0 aliphatic carbocycles. The topological polar surface area (TPSA) is 47.0 Å². The summed E-state index contributed by atoms with van der Waals surface area (Å²) in [5.41, 5.74) is 2.72. The molecule has 1 aliphatic heterocycles. The fraction of sp³-hybridized carbons (Fsp3) is 0.286. The van der Waals surface area contributed by atoms with Crippen molar-refractivity contribution in [2.24, 2.45) is 0 Å². The molecule has 0 bridgehead atoms. The van der Waals surface area contributed by atoms with Crippen LogP contribution in [0.15, 0.2) is 42.3 Å². The van der Waals surface area contributed by atoms with Crippen molar-refractivity contribution in [1.29, 1.82) is 0 Å². The third-order valence-corrected chi connectivity index (χ3v) is 3.07. The van der Waals surface area contributed by atoms with Crippen molar-refractivity contribution in [3.05, 3.63) is 48.0 Å². The molecule has 0 spiro atoms. The molecule has 0 fully saturated rings. The molecule has 0 saturated carbocycles. The van der Waals surface area contributed by atoms with E-state index in [1.54, 1.807) is 0 Å². The molecule has 18 heavy (non-hydrogen) atoms. The highest BCUT2D eigenvalue weighted by Crippen LogP contribution is 2.25. The first kappa shape index (κ1) is 11.2. The average molecular weight is 241 g/mol. The van der Waals surface area contributed by atoms with Crippen LogP contribution in [-0.2, 0) is 4.74 Å². The summed E-state index contributed by atoms with van der Waals surface area (Å²) in [6.45, 7) is 0.758. The van der Waals surface area contributed by atoms with Gasteiger partial charge in [-0.25, -0.2) is 4.98 Å². The summed E-state index contributed by atoms with van der Waals surface area (Å²) < 4.78 is 5.60. The summed E-state index contributed by atoms with van der Waals surface area (Å²) in [4.78, 5) is 9.08. The highest BCUT2D eigenvalue weighted by molar-refractivity contribution is 5.73. The number of ether oxygens (including phenoxy) is 1. The Bertz CT molecular complexity index is 594. The molecule has 92 valence electrons. The van der Waals surface area contributed by atoms with Crippen molar-refractivity contribution < 1.29 is 4.74 Å². The van der Waals surface area contributed by atoms with Crippen molar-refractivity contribution in [3.63, 3.8) is 0 Å². The number of benzene rings is 1. The number of aromatic nitrogens is 2. The highest BCUT2D eigenvalue weighted by Gasteiger charge is 2.20. The van der Waals surface area contributed by atoms with Gasteiger partial charge in [-0.1, -0.05) is 12.1 Å². The van der Waals surface area contributed by atoms with E-state index < -0.39 is 0 Å². The maximum absolute atomic E-state index is 5.60. The van der Waals surface area contributed by atoms with Gasteiger partial charge >= 0.3 is 0 Å². The van der Waals surface area contributed by atoms with Gasteiger partial charge in [0.05, 0.1) is 29.5 Å². The quantitative estimate of drug-likeness (QED) is 0.894. The van der Waals surface area contributed by atoms with E-state index >= 15 is 0 Å². The smallest absolute Gasteiger partial charge is 0.115 e. The molecule has 4 nitrogen and oxygen atoms in total. The Morgan fingerprint density at radius 3 is 2.83 bits per heavy atom. The minimum absolute atomic E-state index is 0.00962. The lowest BCUT2D eigenvalue weighted by Crippen LogP contribution is -2.20. The van der Waals surface area contributed by atoms with Crippen LogP contribution in [0.1, 0.15) is 18.2 Å². The maximum atomic E-state index is 5.60. The Morgan fingerprint density at radius 1 is 1.28 bits per heavy atom. The molecule has 1 unspecified atom stereocenters. The number of para-hydroxylation sites is 2. The highest BCUT2D eigenvalue weighted by atomic mass is 16.5. The van der Waals surface area contributed by atoms with Crippen LogP contribution in [0.2, 0.25) is 0 Å². The molecular formula is C14H15N3O. The van der Waals surface area contributed by atoms with Crippen molar-refractivity contribution in [2.45, 2.75) is 12.5 Å². The van der Waals surface area contributed by atoms with Crippen molar-refractivity contribution in [3.8, 4) is 0 Å². The predicted octanol–water partition coefficient (Wildman–Crippen LogP) is 2.19. The fourth-order valence-electron chi connectivity index (χ4n) is 2.18. The second kappa shape index (κ2) is 4.74. The Kier molecular flexibility index (Phi) is 2.94. The molecule has 1 atom stereocenters. The lowest BCUT2D eigenvalue weighted by atomic mass is 10.1. The molecule has 0 saturated heterocycles. The molecule has 0 radical (unpaired) electrons. The lowest BCUT2D eigenvalue weighted by molar-refractivity contribution is 0.217. The van der Waals surface area contributed by atoms with E-state index in [4.69, 9.17) is 4.74 Å². The average Bonchev–Trinajstić information content (AvgIpc) is 2.93. The first-order chi connectivity index (χ1) is 8.88. The van der Waals surface area contributed by atoms with E-state index in [-0.39, 0.29) is 6.04 Å². The first-order valence-corrected chi connectivity index (χ1v) is 6.10. The number of fused-ring (bicyclic) bond motifs is 1. The number of likely N-dealkylation sites (N-methyl/N-ethyl adjacent to an activating group) is 1. The fourth-order valence-corrected chi connectivity index (χ4v) is 2.18. The van der Waals surface area contributed by atoms with Gasteiger partial charge < -0.3 is 10.1 Å². The largest absolute Gasteiger partial charge is 0.496 e. The molecule has 1 aromatic heterocycles. The van der Waals surface area contributed by atoms with E-state index in [2.05, 4.69) is 21.4 Å². The maximum Gasteiger partial charge on any atom is 0.115 e. The summed E-state index contributed by atoms with van der Waals surface area (Å²) >= 11 is 0. The van der Waals surface area contributed by atoms with Crippen LogP contribution in [0.25, 0.3) is 11.0 Å². The molecule has 2 heterocycles. The molecule has 2 aromatic rings. The first-order valence-electron chi connectivity index (χ1n) is 6.10. The molecular weight excluding hydrogens is 226 g/mol. The monoisotopic (exact) mass is 241 g/mol. The Morgan fingerprint density at radius 2 is 2.11 bits per heavy atom. The summed E-state index contributed by atoms with van der Waals surface area (Å²) in [7, 11) is 1.91. The number of hydrogen-bond donors (Lipinski definition) is 1. The van der Waals surface area contributed by atoms with Gasteiger partial charge in [0.15, 0.2) is 0 Å². The van der Waals surface area contributed by atoms with Crippen molar-refractivity contribution in [1.82, 2.24) is 15.3 Å². The zero-order valence-corrected chi connectivity index (χ0v) is 10.3. The molecule has 1 aromatic carbocycles. The Balaban J connectivity index is 2.01. The van der Waals surface area contributed by atoms with Crippen LogP contribution < -0.4 is 5.32 Å². The normalized spacial score (nSPS) is 16.4. The van der Waals surface area contributed by atoms with Crippen LogP contribution in [0, 0.1) is 0 Å². The number of hydrogen-bond acceptors (Lipinski definition) is 4. The minimum Gasteiger partial charge on any atom is -0.496 e. The van der Waals surface area contributed by atoms with Crippen molar-refractivity contribution >= 4 is 11.0 Å². The molecule has 3 rings (SSSR count). The van der Waals surface area contributed by atoms with E-state index in [9.17, 15) is 0 Å². The number of rotatable bonds is 3. The summed E-state index contributed by atoms with van der Waals surface area (Å²) in [6, 6.07) is 7.87. The second-order valence-corrected chi connectivity index (χ2v) is 4.25. The van der Waals surface area contributed by atoms with Gasteiger partial charge in [-0.15, -0.1) is 0 Å². The zero-order valence-electron chi connectivity index (χ0n) is 10.3. The standard InChI is InChI=1S/C14H15N3O/c1-15-14(13-7-4-8-18-13)12-9-16-10-5-2-3-6-11(10)17-12/h2-3,5-7,9,14-15H,4,8H2,1H3. The minimum atomic E-state index is -0.00962.